The van der Waals surface area contributed by atoms with Crippen LogP contribution in [0.5, 0.6) is 0 Å². The summed E-state index contributed by atoms with van der Waals surface area (Å²) in [5, 5.41) is 8.74. The van der Waals surface area contributed by atoms with E-state index < -0.39 is 0 Å². The lowest BCUT2D eigenvalue weighted by atomic mass is 10.1. The van der Waals surface area contributed by atoms with Crippen molar-refractivity contribution >= 4 is 45.8 Å². The number of nitrogens with one attached hydrogen (secondary N) is 2. The van der Waals surface area contributed by atoms with Gasteiger partial charge in [0.25, 0.3) is 0 Å². The standard InChI is InChI=1S/C22H21N5OS/c23-20-19-10-11-29-21(19)24-13-27(20)18-8-6-16(7-9-18)25-22(28)26-17-5-4-14-2-1-3-15(14)12-17/h4-13,20H,1-3,23H2,(H2,25,26,28). The Morgan fingerprint density at radius 1 is 1.03 bits per heavy atom. The quantitative estimate of drug-likeness (QED) is 0.574. The highest BCUT2D eigenvalue weighted by Crippen LogP contribution is 2.37. The number of rotatable bonds is 3. The number of carbonyl (C=O) groups is 1. The second-order valence-corrected chi connectivity index (χ2v) is 8.14. The maximum absolute atomic E-state index is 12.4. The van der Waals surface area contributed by atoms with Gasteiger partial charge in [0, 0.05) is 22.6 Å². The molecule has 0 spiro atoms. The number of aryl methyl sites for hydroxylation is 2. The number of benzene rings is 2. The monoisotopic (exact) mass is 403 g/mol. The Morgan fingerprint density at radius 2 is 1.79 bits per heavy atom. The Bertz CT molecular complexity index is 1090. The lowest BCUT2D eigenvalue weighted by Crippen LogP contribution is -2.35. The van der Waals surface area contributed by atoms with E-state index in [4.69, 9.17) is 5.73 Å². The van der Waals surface area contributed by atoms with Crippen LogP contribution in [0.2, 0.25) is 0 Å². The molecule has 0 fully saturated rings. The van der Waals surface area contributed by atoms with Crippen molar-refractivity contribution in [1.29, 1.82) is 0 Å². The fourth-order valence-corrected chi connectivity index (χ4v) is 4.64. The summed E-state index contributed by atoms with van der Waals surface area (Å²) in [6.07, 6.45) is 4.90. The molecule has 2 aromatic carbocycles. The van der Waals surface area contributed by atoms with Crippen molar-refractivity contribution in [3.05, 3.63) is 70.6 Å². The van der Waals surface area contributed by atoms with Crippen molar-refractivity contribution < 1.29 is 4.79 Å². The summed E-state index contributed by atoms with van der Waals surface area (Å²) >= 11 is 1.58. The van der Waals surface area contributed by atoms with Gasteiger partial charge in [-0.3, -0.25) is 0 Å². The normalized spacial score (nSPS) is 17.0. The zero-order valence-electron chi connectivity index (χ0n) is 15.8. The van der Waals surface area contributed by atoms with Gasteiger partial charge in [-0.1, -0.05) is 6.07 Å². The lowest BCUT2D eigenvalue weighted by Gasteiger charge is -2.29. The molecule has 7 heteroatoms. The summed E-state index contributed by atoms with van der Waals surface area (Å²) in [6, 6.07) is 15.5. The van der Waals surface area contributed by atoms with Gasteiger partial charge in [-0.05, 0) is 78.2 Å². The zero-order valence-corrected chi connectivity index (χ0v) is 16.6. The number of amides is 2. The first kappa shape index (κ1) is 17.9. The Hall–Kier alpha value is -3.16. The van der Waals surface area contributed by atoms with Crippen molar-refractivity contribution in [3.63, 3.8) is 0 Å². The van der Waals surface area contributed by atoms with Gasteiger partial charge in [-0.2, -0.15) is 0 Å². The molecule has 2 aliphatic rings. The maximum Gasteiger partial charge on any atom is 0.323 e. The van der Waals surface area contributed by atoms with Crippen LogP contribution in [-0.4, -0.2) is 12.4 Å². The molecule has 0 saturated carbocycles. The Morgan fingerprint density at radius 3 is 2.66 bits per heavy atom. The van der Waals surface area contributed by atoms with Crippen LogP contribution in [0.25, 0.3) is 0 Å². The molecule has 6 nitrogen and oxygen atoms in total. The number of carbonyl (C=O) groups excluding carboxylic acids is 1. The smallest absolute Gasteiger partial charge is 0.312 e. The van der Waals surface area contributed by atoms with Crippen LogP contribution < -0.4 is 21.3 Å². The van der Waals surface area contributed by atoms with Crippen LogP contribution in [0.1, 0.15) is 29.3 Å². The molecule has 1 unspecified atom stereocenters. The number of urea groups is 1. The molecule has 0 radical (unpaired) electrons. The Labute approximate surface area is 173 Å². The minimum absolute atomic E-state index is 0.255. The summed E-state index contributed by atoms with van der Waals surface area (Å²) < 4.78 is 0. The number of aliphatic imine (C=N–C) groups is 1. The van der Waals surface area contributed by atoms with E-state index in [9.17, 15) is 4.79 Å². The van der Waals surface area contributed by atoms with Crippen molar-refractivity contribution in [2.24, 2.45) is 10.7 Å². The molecule has 3 aromatic rings. The van der Waals surface area contributed by atoms with Crippen LogP contribution >= 0.6 is 11.3 Å². The van der Waals surface area contributed by atoms with E-state index >= 15 is 0 Å². The molecule has 5 rings (SSSR count). The van der Waals surface area contributed by atoms with Gasteiger partial charge in [0.05, 0.1) is 6.34 Å². The highest BCUT2D eigenvalue weighted by Gasteiger charge is 2.23. The SMILES string of the molecule is NC1c2ccsc2N=CN1c1ccc(NC(=O)Nc2ccc3c(c2)CCC3)cc1. The van der Waals surface area contributed by atoms with Gasteiger partial charge >= 0.3 is 6.03 Å². The first-order valence-electron chi connectivity index (χ1n) is 9.63. The predicted molar refractivity (Wildman–Crippen MR) is 119 cm³/mol. The number of thiophene rings is 1. The largest absolute Gasteiger partial charge is 0.323 e. The number of hydrogen-bond donors (Lipinski definition) is 3. The van der Waals surface area contributed by atoms with Crippen molar-refractivity contribution in [2.45, 2.75) is 25.4 Å². The average molecular weight is 404 g/mol. The van der Waals surface area contributed by atoms with Gasteiger partial charge in [0.2, 0.25) is 0 Å². The number of nitrogens with zero attached hydrogens (tertiary/aromatic N) is 2. The van der Waals surface area contributed by atoms with Crippen molar-refractivity contribution in [1.82, 2.24) is 0 Å². The first-order valence-corrected chi connectivity index (χ1v) is 10.5. The number of nitrogens with two attached hydrogens (primary N) is 1. The van der Waals surface area contributed by atoms with E-state index in [1.54, 1.807) is 17.7 Å². The third kappa shape index (κ3) is 3.50. The molecular formula is C22H21N5OS. The first-order chi connectivity index (χ1) is 14.2. The summed E-state index contributed by atoms with van der Waals surface area (Å²) in [7, 11) is 0. The van der Waals surface area contributed by atoms with Gasteiger partial charge in [0.1, 0.15) is 11.2 Å². The highest BCUT2D eigenvalue weighted by molar-refractivity contribution is 7.14. The molecule has 0 bridgehead atoms. The molecule has 2 heterocycles. The van der Waals surface area contributed by atoms with Crippen LogP contribution in [-0.2, 0) is 12.8 Å². The molecule has 1 aliphatic carbocycles. The average Bonchev–Trinajstić information content (AvgIpc) is 3.38. The highest BCUT2D eigenvalue weighted by atomic mass is 32.1. The summed E-state index contributed by atoms with van der Waals surface area (Å²) in [6.45, 7) is 0. The van der Waals surface area contributed by atoms with E-state index in [0.717, 1.165) is 34.8 Å². The Balaban J connectivity index is 1.24. The topological polar surface area (TPSA) is 82.8 Å². The van der Waals surface area contributed by atoms with Gasteiger partial charge in [-0.25, -0.2) is 9.79 Å². The third-order valence-electron chi connectivity index (χ3n) is 5.37. The minimum Gasteiger partial charge on any atom is -0.312 e. The number of anilines is 3. The molecule has 0 saturated heterocycles. The van der Waals surface area contributed by atoms with Crippen molar-refractivity contribution in [2.75, 3.05) is 15.5 Å². The van der Waals surface area contributed by atoms with E-state index in [0.29, 0.717) is 5.69 Å². The maximum atomic E-state index is 12.4. The number of fused-ring (bicyclic) bond motifs is 2. The fraction of sp³-hybridized carbons (Fsp3) is 0.182. The van der Waals surface area contributed by atoms with Crippen molar-refractivity contribution in [3.8, 4) is 0 Å². The van der Waals surface area contributed by atoms with E-state index in [-0.39, 0.29) is 12.2 Å². The molecular weight excluding hydrogens is 382 g/mol. The summed E-state index contributed by atoms with van der Waals surface area (Å²) in [5.41, 5.74) is 12.6. The lowest BCUT2D eigenvalue weighted by molar-refractivity contribution is 0.262. The second-order valence-electron chi connectivity index (χ2n) is 7.24. The second kappa shape index (κ2) is 7.35. The molecule has 1 aliphatic heterocycles. The molecule has 146 valence electrons. The van der Waals surface area contributed by atoms with Crippen LogP contribution in [0.3, 0.4) is 0 Å². The Kier molecular flexibility index (Phi) is 4.54. The minimum atomic E-state index is -0.268. The molecule has 1 aromatic heterocycles. The van der Waals surface area contributed by atoms with Gasteiger partial charge in [-0.15, -0.1) is 11.3 Å². The summed E-state index contributed by atoms with van der Waals surface area (Å²) in [4.78, 5) is 18.7. The molecule has 4 N–H and O–H groups in total. The van der Waals surface area contributed by atoms with Crippen LogP contribution in [0, 0.1) is 0 Å². The van der Waals surface area contributed by atoms with Gasteiger partial charge in [0.15, 0.2) is 0 Å². The van der Waals surface area contributed by atoms with E-state index in [1.165, 1.54) is 17.5 Å². The molecule has 2 amide bonds. The third-order valence-corrected chi connectivity index (χ3v) is 6.21. The zero-order chi connectivity index (χ0) is 19.8. The molecule has 29 heavy (non-hydrogen) atoms. The fourth-order valence-electron chi connectivity index (χ4n) is 3.86. The van der Waals surface area contributed by atoms with Crippen LogP contribution in [0.4, 0.5) is 26.9 Å². The van der Waals surface area contributed by atoms with E-state index in [1.807, 2.05) is 46.7 Å². The number of hydrogen-bond acceptors (Lipinski definition) is 5. The van der Waals surface area contributed by atoms with Gasteiger partial charge < -0.3 is 21.3 Å². The van der Waals surface area contributed by atoms with E-state index in [2.05, 4.69) is 27.8 Å². The molecule has 1 atom stereocenters. The van der Waals surface area contributed by atoms with Crippen LogP contribution in [0.15, 0.2) is 58.9 Å². The predicted octanol–water partition coefficient (Wildman–Crippen LogP) is 5.02. The summed E-state index contributed by atoms with van der Waals surface area (Å²) in [5.74, 6) is 0.